The molecule has 29 heteroatoms. The Morgan fingerprint density at radius 2 is 0.674 bits per heavy atom. The minimum Gasteiger partial charge on any atom is -0.448 e. The number of hydrogen-bond acceptors (Lipinski definition) is 6. The molecule has 43 heavy (non-hydrogen) atoms. The first kappa shape index (κ1) is 40.1. The first-order chi connectivity index (χ1) is 18.3. The number of alkyl halides is 22. The molecular formula is C14H4F22O6Si. The predicted molar refractivity (Wildman–Crippen MR) is 82.4 cm³/mol. The summed E-state index contributed by atoms with van der Waals surface area (Å²) in [6.45, 7) is 0. The SMILES string of the molecule is O=C(O[Si](CCC(F)(F)C(F)(F)C(F)(F)C(F)(F)C(F)(F)C(F)(F)F)(OC(=O)C(F)(F)F)OC(=O)C(F)(F)F)C(F)(F)F. The van der Waals surface area contributed by atoms with E-state index in [1.807, 2.05) is 0 Å². The van der Waals surface area contributed by atoms with E-state index in [0.29, 0.717) is 0 Å². The van der Waals surface area contributed by atoms with Gasteiger partial charge in [0.1, 0.15) is 0 Å². The molecule has 0 unspecified atom stereocenters. The molecule has 0 amide bonds. The summed E-state index contributed by atoms with van der Waals surface area (Å²) in [6.07, 6.45) is -32.0. The van der Waals surface area contributed by atoms with E-state index in [2.05, 4.69) is 13.3 Å². The Labute approximate surface area is 219 Å². The van der Waals surface area contributed by atoms with E-state index in [9.17, 15) is 111 Å². The van der Waals surface area contributed by atoms with E-state index in [0.717, 1.165) is 0 Å². The smallest absolute Gasteiger partial charge is 0.448 e. The number of rotatable bonds is 10. The fourth-order valence-electron chi connectivity index (χ4n) is 2.08. The summed E-state index contributed by atoms with van der Waals surface area (Å²) in [6, 6.07) is -3.58. The molecule has 0 rings (SSSR count). The summed E-state index contributed by atoms with van der Waals surface area (Å²) in [5, 5.41) is 0. The topological polar surface area (TPSA) is 78.9 Å². The van der Waals surface area contributed by atoms with E-state index in [1.54, 1.807) is 0 Å². The molecule has 0 spiro atoms. The molecular weight excluding hydrogens is 710 g/mol. The van der Waals surface area contributed by atoms with E-state index in [1.165, 1.54) is 0 Å². The Hall–Kier alpha value is -2.91. The maximum atomic E-state index is 14.0. The van der Waals surface area contributed by atoms with Gasteiger partial charge < -0.3 is 13.3 Å². The van der Waals surface area contributed by atoms with Crippen LogP contribution in [0.15, 0.2) is 0 Å². The van der Waals surface area contributed by atoms with Gasteiger partial charge in [0.2, 0.25) is 0 Å². The lowest BCUT2D eigenvalue weighted by atomic mass is 9.93. The summed E-state index contributed by atoms with van der Waals surface area (Å²) in [7, 11) is -7.96. The minimum atomic E-state index is -8.61. The van der Waals surface area contributed by atoms with Crippen LogP contribution in [0.4, 0.5) is 96.6 Å². The summed E-state index contributed by atoms with van der Waals surface area (Å²) in [5.41, 5.74) is 0. The quantitative estimate of drug-likeness (QED) is 0.194. The molecule has 0 aliphatic rings. The number of carbonyl (C=O) groups is 3. The Morgan fingerprint density at radius 3 is 0.907 bits per heavy atom. The number of hydrogen-bond donors (Lipinski definition) is 0. The first-order valence-corrected chi connectivity index (χ1v) is 11.1. The fourth-order valence-corrected chi connectivity index (χ4v) is 4.33. The summed E-state index contributed by atoms with van der Waals surface area (Å²) < 4.78 is 292. The van der Waals surface area contributed by atoms with Gasteiger partial charge in [0.25, 0.3) is 0 Å². The maximum absolute atomic E-state index is 14.0. The van der Waals surface area contributed by atoms with Crippen molar-refractivity contribution in [3.63, 3.8) is 0 Å². The lowest BCUT2D eigenvalue weighted by Gasteiger charge is -2.40. The molecule has 0 aromatic carbocycles. The van der Waals surface area contributed by atoms with Crippen LogP contribution >= 0.6 is 0 Å². The second-order valence-electron chi connectivity index (χ2n) is 7.34. The molecule has 254 valence electrons. The van der Waals surface area contributed by atoms with Crippen LogP contribution in [-0.2, 0) is 27.7 Å². The monoisotopic (exact) mass is 714 g/mol. The highest BCUT2D eigenvalue weighted by Crippen LogP contribution is 2.61. The van der Waals surface area contributed by atoms with Crippen molar-refractivity contribution in [2.75, 3.05) is 0 Å². The van der Waals surface area contributed by atoms with Crippen molar-refractivity contribution >= 4 is 26.7 Å². The third-order valence-corrected chi connectivity index (χ3v) is 6.53. The van der Waals surface area contributed by atoms with E-state index in [-0.39, 0.29) is 0 Å². The second-order valence-corrected chi connectivity index (χ2v) is 9.82. The van der Waals surface area contributed by atoms with E-state index < -0.39 is 93.5 Å². The van der Waals surface area contributed by atoms with Crippen LogP contribution in [0.5, 0.6) is 0 Å². The highest BCUT2D eigenvalue weighted by molar-refractivity contribution is 6.66. The zero-order chi connectivity index (χ0) is 35.3. The number of halogens is 22. The van der Waals surface area contributed by atoms with Crippen LogP contribution in [0.25, 0.3) is 0 Å². The zero-order valence-corrected chi connectivity index (χ0v) is 19.7. The van der Waals surface area contributed by atoms with Crippen LogP contribution in [0.2, 0.25) is 6.04 Å². The van der Waals surface area contributed by atoms with Gasteiger partial charge in [0.15, 0.2) is 0 Å². The zero-order valence-electron chi connectivity index (χ0n) is 18.7. The summed E-state index contributed by atoms with van der Waals surface area (Å²) in [5.74, 6) is -53.9. The standard InChI is InChI=1S/C14H4F22O6Si/c15-6(16,10(26,27)11(28,29)12(30,31)13(32,33)14(34,35)36)1-2-43(40-3(37)7(17,18)19,41-4(38)8(20,21)22)42-5(39)9(23,24)25/h1-2H2. The average molecular weight is 714 g/mol. The third-order valence-electron chi connectivity index (χ3n) is 4.18. The van der Waals surface area contributed by atoms with Crippen LogP contribution in [-0.4, -0.2) is 81.0 Å². The number of carbonyl (C=O) groups excluding carboxylic acids is 3. The van der Waals surface area contributed by atoms with Gasteiger partial charge in [0.05, 0.1) is 6.04 Å². The van der Waals surface area contributed by atoms with Gasteiger partial charge in [0, 0.05) is 6.42 Å². The average Bonchev–Trinajstić information content (AvgIpc) is 2.74. The molecule has 0 N–H and O–H groups in total. The Morgan fingerprint density at radius 1 is 0.419 bits per heavy atom. The minimum absolute atomic E-state index is 2.80. The van der Waals surface area contributed by atoms with Crippen molar-refractivity contribution in [3.8, 4) is 0 Å². The molecule has 0 atom stereocenters. The van der Waals surface area contributed by atoms with Crippen LogP contribution in [0, 0.1) is 0 Å². The predicted octanol–water partition coefficient (Wildman–Crippen LogP) is 6.37. The van der Waals surface area contributed by atoms with Crippen molar-refractivity contribution in [1.82, 2.24) is 0 Å². The lowest BCUT2D eigenvalue weighted by molar-refractivity contribution is -0.440. The fraction of sp³-hybridized carbons (Fsp3) is 0.786. The Balaban J connectivity index is 7.10. The first-order valence-electron chi connectivity index (χ1n) is 9.20. The largest absolute Gasteiger partial charge is 0.706 e. The summed E-state index contributed by atoms with van der Waals surface area (Å²) >= 11 is 0. The molecule has 0 aliphatic carbocycles. The van der Waals surface area contributed by atoms with Crippen LogP contribution in [0.3, 0.4) is 0 Å². The van der Waals surface area contributed by atoms with Crippen molar-refractivity contribution in [1.29, 1.82) is 0 Å². The van der Waals surface area contributed by atoms with Gasteiger partial charge in [-0.1, -0.05) is 0 Å². The Kier molecular flexibility index (Phi) is 10.5. The molecule has 6 nitrogen and oxygen atoms in total. The van der Waals surface area contributed by atoms with Crippen molar-refractivity contribution in [3.05, 3.63) is 0 Å². The van der Waals surface area contributed by atoms with Crippen molar-refractivity contribution < 1.29 is 124 Å². The highest BCUT2D eigenvalue weighted by Gasteiger charge is 2.90. The van der Waals surface area contributed by atoms with Gasteiger partial charge >= 0.3 is 81.0 Å². The van der Waals surface area contributed by atoms with Gasteiger partial charge in [-0.05, 0) is 0 Å². The maximum Gasteiger partial charge on any atom is 0.706 e. The molecule has 0 saturated carbocycles. The second kappa shape index (κ2) is 11.2. The molecule has 0 radical (unpaired) electrons. The van der Waals surface area contributed by atoms with E-state index in [4.69, 9.17) is 0 Å². The van der Waals surface area contributed by atoms with Gasteiger partial charge in [-0.3, -0.25) is 0 Å². The van der Waals surface area contributed by atoms with Crippen LogP contribution < -0.4 is 0 Å². The lowest BCUT2D eigenvalue weighted by Crippen LogP contribution is -2.70. The molecule has 0 aliphatic heterocycles. The molecule has 0 bridgehead atoms. The van der Waals surface area contributed by atoms with E-state index >= 15 is 0 Å². The third kappa shape index (κ3) is 7.98. The molecule has 0 aromatic heterocycles. The molecule has 0 fully saturated rings. The summed E-state index contributed by atoms with van der Waals surface area (Å²) in [4.78, 5) is 32.9. The van der Waals surface area contributed by atoms with Gasteiger partial charge in [-0.25, -0.2) is 14.4 Å². The molecule has 0 aromatic rings. The molecule has 0 saturated heterocycles. The van der Waals surface area contributed by atoms with Gasteiger partial charge in [-0.2, -0.15) is 96.6 Å². The normalized spacial score (nSPS) is 15.2. The van der Waals surface area contributed by atoms with Crippen molar-refractivity contribution in [2.24, 2.45) is 0 Å². The Bertz CT molecular complexity index is 983. The molecule has 0 heterocycles. The van der Waals surface area contributed by atoms with Crippen molar-refractivity contribution in [2.45, 2.75) is 66.8 Å². The van der Waals surface area contributed by atoms with Gasteiger partial charge in [-0.15, -0.1) is 0 Å². The highest BCUT2D eigenvalue weighted by atomic mass is 28.4. The van der Waals surface area contributed by atoms with Crippen LogP contribution in [0.1, 0.15) is 6.42 Å².